The van der Waals surface area contributed by atoms with Crippen molar-refractivity contribution >= 4 is 0 Å². The molecule has 0 spiro atoms. The highest BCUT2D eigenvalue weighted by atomic mass is 19.1. The summed E-state index contributed by atoms with van der Waals surface area (Å²) < 4.78 is 19.2. The van der Waals surface area contributed by atoms with E-state index in [2.05, 4.69) is 18.2 Å². The van der Waals surface area contributed by atoms with E-state index in [1.807, 2.05) is 6.92 Å². The molecule has 2 aromatic rings. The molecule has 1 aliphatic carbocycles. The van der Waals surface area contributed by atoms with Gasteiger partial charge in [0.2, 0.25) is 0 Å². The monoisotopic (exact) mass is 256 g/mol. The van der Waals surface area contributed by atoms with Gasteiger partial charge in [-0.05, 0) is 60.6 Å². The van der Waals surface area contributed by atoms with Crippen LogP contribution in [0.5, 0.6) is 5.75 Å². The van der Waals surface area contributed by atoms with Gasteiger partial charge in [0.05, 0.1) is 0 Å². The zero-order chi connectivity index (χ0) is 13.2. The second kappa shape index (κ2) is 5.04. The molecule has 0 N–H and O–H groups in total. The highest BCUT2D eigenvalue weighted by molar-refractivity contribution is 5.35. The van der Waals surface area contributed by atoms with Crippen LogP contribution in [0.4, 0.5) is 4.39 Å². The van der Waals surface area contributed by atoms with Crippen LogP contribution >= 0.6 is 0 Å². The van der Waals surface area contributed by atoms with Crippen molar-refractivity contribution in [1.29, 1.82) is 0 Å². The van der Waals surface area contributed by atoms with E-state index in [4.69, 9.17) is 4.74 Å². The molecule has 3 rings (SSSR count). The Morgan fingerprint density at radius 3 is 2.79 bits per heavy atom. The number of rotatable bonds is 3. The van der Waals surface area contributed by atoms with Gasteiger partial charge in [0.25, 0.3) is 0 Å². The third-order valence-electron chi connectivity index (χ3n) is 3.64. The van der Waals surface area contributed by atoms with Gasteiger partial charge in [-0.1, -0.05) is 24.3 Å². The molecule has 0 bridgehead atoms. The molecular formula is C17H17FO. The van der Waals surface area contributed by atoms with Crippen LogP contribution in [0.1, 0.15) is 28.7 Å². The Labute approximate surface area is 113 Å². The second-order valence-electron chi connectivity index (χ2n) is 5.18. The number of fused-ring (bicyclic) bond motifs is 1. The summed E-state index contributed by atoms with van der Waals surface area (Å²) in [7, 11) is 0. The predicted octanol–water partition coefficient (Wildman–Crippen LogP) is 4.20. The molecule has 0 radical (unpaired) electrons. The first-order valence-electron chi connectivity index (χ1n) is 6.72. The molecule has 2 aromatic carbocycles. The van der Waals surface area contributed by atoms with Gasteiger partial charge >= 0.3 is 0 Å². The SMILES string of the molecule is Cc1ccc(F)c(OCc2ccc3c(c2)CCC3)c1. The number of ether oxygens (including phenoxy) is 1. The summed E-state index contributed by atoms with van der Waals surface area (Å²) in [5, 5.41) is 0. The van der Waals surface area contributed by atoms with E-state index in [0.717, 1.165) is 17.5 Å². The van der Waals surface area contributed by atoms with Gasteiger partial charge in [0.15, 0.2) is 11.6 Å². The molecular weight excluding hydrogens is 239 g/mol. The fraction of sp³-hybridized carbons (Fsp3) is 0.294. The van der Waals surface area contributed by atoms with E-state index < -0.39 is 0 Å². The molecule has 0 fully saturated rings. The summed E-state index contributed by atoms with van der Waals surface area (Å²) in [6, 6.07) is 11.4. The highest BCUT2D eigenvalue weighted by Gasteiger charge is 2.11. The largest absolute Gasteiger partial charge is 0.486 e. The minimum atomic E-state index is -0.299. The van der Waals surface area contributed by atoms with Crippen LogP contribution in [0.15, 0.2) is 36.4 Å². The van der Waals surface area contributed by atoms with Gasteiger partial charge in [-0.15, -0.1) is 0 Å². The van der Waals surface area contributed by atoms with Gasteiger partial charge in [0, 0.05) is 0 Å². The number of hydrogen-bond acceptors (Lipinski definition) is 1. The molecule has 0 saturated heterocycles. The number of benzene rings is 2. The molecule has 19 heavy (non-hydrogen) atoms. The van der Waals surface area contributed by atoms with Crippen LogP contribution in [-0.4, -0.2) is 0 Å². The predicted molar refractivity (Wildman–Crippen MR) is 73.9 cm³/mol. The quantitative estimate of drug-likeness (QED) is 0.799. The highest BCUT2D eigenvalue weighted by Crippen LogP contribution is 2.24. The van der Waals surface area contributed by atoms with Crippen LogP contribution < -0.4 is 4.74 Å². The molecule has 0 aliphatic heterocycles. The van der Waals surface area contributed by atoms with Crippen molar-refractivity contribution in [2.24, 2.45) is 0 Å². The normalized spacial score (nSPS) is 13.4. The first kappa shape index (κ1) is 12.2. The summed E-state index contributed by atoms with van der Waals surface area (Å²) in [6.07, 6.45) is 3.58. The molecule has 1 nitrogen and oxygen atoms in total. The van der Waals surface area contributed by atoms with Crippen LogP contribution in [0.2, 0.25) is 0 Å². The molecule has 98 valence electrons. The van der Waals surface area contributed by atoms with Gasteiger partial charge in [-0.25, -0.2) is 4.39 Å². The van der Waals surface area contributed by atoms with Gasteiger partial charge < -0.3 is 4.74 Å². The summed E-state index contributed by atoms with van der Waals surface area (Å²) in [5.41, 5.74) is 4.99. The summed E-state index contributed by atoms with van der Waals surface area (Å²) in [4.78, 5) is 0. The maximum atomic E-state index is 13.6. The van der Waals surface area contributed by atoms with E-state index in [9.17, 15) is 4.39 Å². The minimum absolute atomic E-state index is 0.299. The van der Waals surface area contributed by atoms with Crippen molar-refractivity contribution in [2.45, 2.75) is 32.8 Å². The van der Waals surface area contributed by atoms with Gasteiger partial charge in [-0.3, -0.25) is 0 Å². The van der Waals surface area contributed by atoms with E-state index in [1.165, 1.54) is 30.0 Å². The third kappa shape index (κ3) is 2.62. The Morgan fingerprint density at radius 1 is 1.05 bits per heavy atom. The zero-order valence-corrected chi connectivity index (χ0v) is 11.1. The van der Waals surface area contributed by atoms with Gasteiger partial charge in [-0.2, -0.15) is 0 Å². The van der Waals surface area contributed by atoms with Crippen molar-refractivity contribution in [3.05, 3.63) is 64.5 Å². The Hall–Kier alpha value is -1.83. The first-order valence-corrected chi connectivity index (χ1v) is 6.72. The maximum absolute atomic E-state index is 13.6. The molecule has 1 aliphatic rings. The van der Waals surface area contributed by atoms with Crippen LogP contribution in [0.25, 0.3) is 0 Å². The number of aryl methyl sites for hydroxylation is 3. The molecule has 0 saturated carbocycles. The Balaban J connectivity index is 1.74. The molecule has 0 amide bonds. The molecule has 0 unspecified atom stereocenters. The Morgan fingerprint density at radius 2 is 1.89 bits per heavy atom. The topological polar surface area (TPSA) is 9.23 Å². The molecule has 2 heteroatoms. The zero-order valence-electron chi connectivity index (χ0n) is 11.1. The van der Waals surface area contributed by atoms with E-state index in [-0.39, 0.29) is 5.82 Å². The lowest BCUT2D eigenvalue weighted by molar-refractivity contribution is 0.290. The summed E-state index contributed by atoms with van der Waals surface area (Å²) in [5.74, 6) is 0.0345. The smallest absolute Gasteiger partial charge is 0.165 e. The van der Waals surface area contributed by atoms with Crippen molar-refractivity contribution in [2.75, 3.05) is 0 Å². The maximum Gasteiger partial charge on any atom is 0.165 e. The van der Waals surface area contributed by atoms with E-state index in [0.29, 0.717) is 12.4 Å². The Bertz CT molecular complexity index is 604. The lowest BCUT2D eigenvalue weighted by Gasteiger charge is -2.09. The van der Waals surface area contributed by atoms with E-state index >= 15 is 0 Å². The van der Waals surface area contributed by atoms with E-state index in [1.54, 1.807) is 12.1 Å². The third-order valence-corrected chi connectivity index (χ3v) is 3.64. The standard InChI is InChI=1S/C17H17FO/c1-12-5-8-16(18)17(9-12)19-11-13-6-7-14-3-2-4-15(14)10-13/h5-10H,2-4,11H2,1H3. The average Bonchev–Trinajstić information content (AvgIpc) is 2.87. The van der Waals surface area contributed by atoms with Crippen LogP contribution in [0.3, 0.4) is 0 Å². The lowest BCUT2D eigenvalue weighted by Crippen LogP contribution is -1.99. The van der Waals surface area contributed by atoms with Crippen molar-refractivity contribution in [1.82, 2.24) is 0 Å². The fourth-order valence-electron chi connectivity index (χ4n) is 2.60. The first-order chi connectivity index (χ1) is 9.22. The average molecular weight is 256 g/mol. The minimum Gasteiger partial charge on any atom is -0.486 e. The molecule has 0 atom stereocenters. The second-order valence-corrected chi connectivity index (χ2v) is 5.18. The lowest BCUT2D eigenvalue weighted by atomic mass is 10.1. The Kier molecular flexibility index (Phi) is 3.24. The summed E-state index contributed by atoms with van der Waals surface area (Å²) >= 11 is 0. The number of hydrogen-bond donors (Lipinski definition) is 0. The molecule has 0 heterocycles. The summed E-state index contributed by atoms with van der Waals surface area (Å²) in [6.45, 7) is 2.36. The van der Waals surface area contributed by atoms with Crippen molar-refractivity contribution < 1.29 is 9.13 Å². The number of halogens is 1. The molecule has 0 aromatic heterocycles. The van der Waals surface area contributed by atoms with Crippen LogP contribution in [0, 0.1) is 12.7 Å². The fourth-order valence-corrected chi connectivity index (χ4v) is 2.60. The van der Waals surface area contributed by atoms with Crippen molar-refractivity contribution in [3.8, 4) is 5.75 Å². The van der Waals surface area contributed by atoms with Crippen LogP contribution in [-0.2, 0) is 19.4 Å². The van der Waals surface area contributed by atoms with Gasteiger partial charge in [0.1, 0.15) is 6.61 Å². The van der Waals surface area contributed by atoms with Crippen molar-refractivity contribution in [3.63, 3.8) is 0 Å².